The number of anilines is 1. The van der Waals surface area contributed by atoms with Crippen molar-refractivity contribution >= 4 is 28.5 Å². The van der Waals surface area contributed by atoms with E-state index in [1.807, 2.05) is 24.4 Å². The summed E-state index contributed by atoms with van der Waals surface area (Å²) in [4.78, 5) is 19.2. The molecule has 3 heterocycles. The molecule has 0 radical (unpaired) electrons. The van der Waals surface area contributed by atoms with Crippen LogP contribution in [0.2, 0.25) is 0 Å². The molecule has 0 aromatic carbocycles. The molecule has 1 saturated heterocycles. The molecule has 1 fully saturated rings. The van der Waals surface area contributed by atoms with E-state index in [0.29, 0.717) is 22.9 Å². The highest BCUT2D eigenvalue weighted by atomic mass is 16.1. The highest BCUT2D eigenvalue weighted by Crippen LogP contribution is 2.30. The van der Waals surface area contributed by atoms with Gasteiger partial charge in [-0.2, -0.15) is 0 Å². The van der Waals surface area contributed by atoms with Crippen molar-refractivity contribution in [2.45, 2.75) is 12.8 Å². The maximum atomic E-state index is 12.2. The van der Waals surface area contributed by atoms with Crippen LogP contribution in [0.4, 0.5) is 11.5 Å². The SMILES string of the molecule is NC1=CC(=O)C(=Nc2c(NCCN3CCCC3)nn3ccccc23)C=C1. The highest BCUT2D eigenvalue weighted by molar-refractivity contribution is 6.49. The van der Waals surface area contributed by atoms with E-state index in [0.717, 1.165) is 31.7 Å². The molecule has 2 aromatic heterocycles. The Bertz CT molecular complexity index is 917. The number of aromatic nitrogens is 2. The molecule has 4 rings (SSSR count). The minimum absolute atomic E-state index is 0.191. The number of pyridine rings is 1. The van der Waals surface area contributed by atoms with E-state index < -0.39 is 0 Å². The highest BCUT2D eigenvalue weighted by Gasteiger charge is 2.17. The van der Waals surface area contributed by atoms with Crippen molar-refractivity contribution in [3.05, 3.63) is 48.3 Å². The maximum absolute atomic E-state index is 12.2. The van der Waals surface area contributed by atoms with Gasteiger partial charge in [0.15, 0.2) is 5.82 Å². The quantitative estimate of drug-likeness (QED) is 0.804. The molecule has 1 aliphatic carbocycles. The third-order valence-electron chi connectivity index (χ3n) is 4.65. The number of nitrogens with zero attached hydrogens (tertiary/aromatic N) is 4. The molecule has 0 bridgehead atoms. The molecule has 0 saturated carbocycles. The predicted octanol–water partition coefficient (Wildman–Crippen LogP) is 1.90. The summed E-state index contributed by atoms with van der Waals surface area (Å²) < 4.78 is 1.78. The van der Waals surface area contributed by atoms with Crippen LogP contribution in [-0.4, -0.2) is 52.2 Å². The zero-order valence-electron chi connectivity index (χ0n) is 14.6. The van der Waals surface area contributed by atoms with Crippen LogP contribution in [-0.2, 0) is 4.79 Å². The molecule has 7 heteroatoms. The number of carbonyl (C=O) groups excluding carboxylic acids is 1. The van der Waals surface area contributed by atoms with Crippen LogP contribution < -0.4 is 11.1 Å². The van der Waals surface area contributed by atoms with Crippen LogP contribution in [0.25, 0.3) is 5.52 Å². The van der Waals surface area contributed by atoms with Crippen LogP contribution in [0, 0.1) is 0 Å². The van der Waals surface area contributed by atoms with Crippen molar-refractivity contribution in [2.24, 2.45) is 10.7 Å². The second kappa shape index (κ2) is 7.13. The topological polar surface area (TPSA) is 88.0 Å². The van der Waals surface area contributed by atoms with Crippen molar-refractivity contribution in [1.82, 2.24) is 14.5 Å². The molecular weight excluding hydrogens is 328 g/mol. The lowest BCUT2D eigenvalue weighted by Crippen LogP contribution is -2.26. The van der Waals surface area contributed by atoms with Gasteiger partial charge in [0.2, 0.25) is 5.78 Å². The molecular formula is C19H22N6O. The number of carbonyl (C=O) groups is 1. The first-order valence-electron chi connectivity index (χ1n) is 8.92. The van der Waals surface area contributed by atoms with E-state index in [-0.39, 0.29) is 5.78 Å². The number of likely N-dealkylation sites (tertiary alicyclic amines) is 1. The lowest BCUT2D eigenvalue weighted by molar-refractivity contribution is -0.108. The summed E-state index contributed by atoms with van der Waals surface area (Å²) in [6.45, 7) is 4.09. The summed E-state index contributed by atoms with van der Waals surface area (Å²) in [6.07, 6.45) is 9.16. The molecule has 1 aliphatic heterocycles. The molecule has 2 aliphatic rings. The van der Waals surface area contributed by atoms with E-state index in [4.69, 9.17) is 5.73 Å². The molecule has 0 unspecified atom stereocenters. The fourth-order valence-electron chi connectivity index (χ4n) is 3.30. The van der Waals surface area contributed by atoms with Gasteiger partial charge in [0, 0.05) is 31.1 Å². The van der Waals surface area contributed by atoms with Gasteiger partial charge in [0.25, 0.3) is 0 Å². The minimum Gasteiger partial charge on any atom is -0.399 e. The van der Waals surface area contributed by atoms with Gasteiger partial charge in [0.1, 0.15) is 11.4 Å². The van der Waals surface area contributed by atoms with Gasteiger partial charge < -0.3 is 16.0 Å². The Hall–Kier alpha value is -2.93. The van der Waals surface area contributed by atoms with E-state index in [2.05, 4.69) is 20.3 Å². The number of hydrogen-bond acceptors (Lipinski definition) is 6. The minimum atomic E-state index is -0.191. The lowest BCUT2D eigenvalue weighted by atomic mass is 10.1. The smallest absolute Gasteiger partial charge is 0.206 e. The van der Waals surface area contributed by atoms with Gasteiger partial charge in [-0.15, -0.1) is 5.10 Å². The van der Waals surface area contributed by atoms with Crippen LogP contribution in [0.1, 0.15) is 12.8 Å². The van der Waals surface area contributed by atoms with Gasteiger partial charge in [-0.25, -0.2) is 9.51 Å². The standard InChI is InChI=1S/C19H22N6O/c20-14-6-7-15(17(26)13-14)22-18-16-5-1-2-11-25(16)23-19(18)21-8-12-24-9-3-4-10-24/h1-2,5-7,11,13H,3-4,8-10,12,20H2,(H,21,23). The van der Waals surface area contributed by atoms with Gasteiger partial charge in [0.05, 0.1) is 5.52 Å². The van der Waals surface area contributed by atoms with Crippen molar-refractivity contribution in [2.75, 3.05) is 31.5 Å². The predicted molar refractivity (Wildman–Crippen MR) is 103 cm³/mol. The summed E-state index contributed by atoms with van der Waals surface area (Å²) >= 11 is 0. The zero-order chi connectivity index (χ0) is 17.9. The average Bonchev–Trinajstić information content (AvgIpc) is 3.26. The Morgan fingerprint density at radius 3 is 2.88 bits per heavy atom. The number of nitrogens with one attached hydrogen (secondary N) is 1. The number of fused-ring (bicyclic) bond motifs is 1. The number of allylic oxidation sites excluding steroid dienone is 3. The summed E-state index contributed by atoms with van der Waals surface area (Å²) in [5.41, 5.74) is 8.00. The Morgan fingerprint density at radius 2 is 2.08 bits per heavy atom. The van der Waals surface area contributed by atoms with E-state index in [1.165, 1.54) is 18.9 Å². The molecule has 2 aromatic rings. The molecule has 26 heavy (non-hydrogen) atoms. The lowest BCUT2D eigenvalue weighted by Gasteiger charge is -2.14. The summed E-state index contributed by atoms with van der Waals surface area (Å²) in [7, 11) is 0. The zero-order valence-corrected chi connectivity index (χ0v) is 14.6. The van der Waals surface area contributed by atoms with Crippen molar-refractivity contribution in [1.29, 1.82) is 0 Å². The number of nitrogens with two attached hydrogens (primary N) is 1. The third kappa shape index (κ3) is 3.39. The first-order chi connectivity index (χ1) is 12.7. The first kappa shape index (κ1) is 16.5. The molecule has 0 atom stereocenters. The van der Waals surface area contributed by atoms with Gasteiger partial charge in [-0.1, -0.05) is 6.07 Å². The first-order valence-corrected chi connectivity index (χ1v) is 8.92. The molecule has 3 N–H and O–H groups in total. The number of hydrogen-bond donors (Lipinski definition) is 2. The van der Waals surface area contributed by atoms with E-state index >= 15 is 0 Å². The fraction of sp³-hybridized carbons (Fsp3) is 0.316. The Morgan fingerprint density at radius 1 is 1.23 bits per heavy atom. The maximum Gasteiger partial charge on any atom is 0.206 e. The normalized spacial score (nSPS) is 19.5. The monoisotopic (exact) mass is 350 g/mol. The van der Waals surface area contributed by atoms with Crippen LogP contribution >= 0.6 is 0 Å². The third-order valence-corrected chi connectivity index (χ3v) is 4.65. The fourth-order valence-corrected chi connectivity index (χ4v) is 3.30. The van der Waals surface area contributed by atoms with E-state index in [1.54, 1.807) is 16.7 Å². The molecule has 7 nitrogen and oxygen atoms in total. The van der Waals surface area contributed by atoms with Crippen LogP contribution in [0.3, 0.4) is 0 Å². The van der Waals surface area contributed by atoms with Crippen molar-refractivity contribution in [3.63, 3.8) is 0 Å². The largest absolute Gasteiger partial charge is 0.399 e. The molecule has 134 valence electrons. The van der Waals surface area contributed by atoms with E-state index in [9.17, 15) is 4.79 Å². The summed E-state index contributed by atoms with van der Waals surface area (Å²) in [6, 6.07) is 5.80. The molecule has 0 spiro atoms. The number of aliphatic imine (C=N–C) groups is 1. The van der Waals surface area contributed by atoms with Gasteiger partial charge >= 0.3 is 0 Å². The van der Waals surface area contributed by atoms with Crippen LogP contribution in [0.5, 0.6) is 0 Å². The van der Waals surface area contributed by atoms with Crippen LogP contribution in [0.15, 0.2) is 53.3 Å². The molecule has 0 amide bonds. The second-order valence-corrected chi connectivity index (χ2v) is 6.54. The van der Waals surface area contributed by atoms with Crippen molar-refractivity contribution < 1.29 is 4.79 Å². The number of ketones is 1. The van der Waals surface area contributed by atoms with Crippen molar-refractivity contribution in [3.8, 4) is 0 Å². The average molecular weight is 350 g/mol. The number of rotatable bonds is 5. The second-order valence-electron chi connectivity index (χ2n) is 6.54. The Labute approximate surface area is 151 Å². The Balaban J connectivity index is 1.61. The van der Waals surface area contributed by atoms with Gasteiger partial charge in [-0.3, -0.25) is 4.79 Å². The summed E-state index contributed by atoms with van der Waals surface area (Å²) in [5.74, 6) is 0.495. The Kier molecular flexibility index (Phi) is 4.53. The summed E-state index contributed by atoms with van der Waals surface area (Å²) in [5, 5.41) is 7.97. The van der Waals surface area contributed by atoms with Gasteiger partial charge in [-0.05, 0) is 50.2 Å².